The SMILES string of the molecule is CCN(C)c1ccc2ccc(C=O)cc2c1. The number of hydrogen-bond acceptors (Lipinski definition) is 2. The van der Waals surface area contributed by atoms with Crippen molar-refractivity contribution in [3.05, 3.63) is 42.0 Å². The molecule has 0 aliphatic rings. The van der Waals surface area contributed by atoms with Crippen LogP contribution in [0.5, 0.6) is 0 Å². The van der Waals surface area contributed by atoms with Crippen LogP contribution in [0.2, 0.25) is 0 Å². The predicted molar refractivity (Wildman–Crippen MR) is 68.3 cm³/mol. The molecule has 0 atom stereocenters. The van der Waals surface area contributed by atoms with Crippen molar-refractivity contribution in [2.24, 2.45) is 0 Å². The van der Waals surface area contributed by atoms with Gasteiger partial charge in [0.2, 0.25) is 0 Å². The fourth-order valence-electron chi connectivity index (χ4n) is 1.75. The molecule has 0 fully saturated rings. The highest BCUT2D eigenvalue weighted by molar-refractivity contribution is 5.90. The fourth-order valence-corrected chi connectivity index (χ4v) is 1.75. The average Bonchev–Trinajstić information content (AvgIpc) is 2.36. The molecule has 0 aliphatic heterocycles. The van der Waals surface area contributed by atoms with Crippen molar-refractivity contribution < 1.29 is 4.79 Å². The third-order valence-corrected chi connectivity index (χ3v) is 2.90. The normalized spacial score (nSPS) is 10.4. The van der Waals surface area contributed by atoms with Crippen LogP contribution in [-0.2, 0) is 0 Å². The van der Waals surface area contributed by atoms with E-state index in [0.29, 0.717) is 0 Å². The molecule has 16 heavy (non-hydrogen) atoms. The Morgan fingerprint density at radius 1 is 1.12 bits per heavy atom. The van der Waals surface area contributed by atoms with E-state index in [-0.39, 0.29) is 0 Å². The Balaban J connectivity index is 2.54. The minimum absolute atomic E-state index is 0.726. The minimum atomic E-state index is 0.726. The summed E-state index contributed by atoms with van der Waals surface area (Å²) >= 11 is 0. The quantitative estimate of drug-likeness (QED) is 0.730. The Hall–Kier alpha value is -1.83. The van der Waals surface area contributed by atoms with E-state index in [9.17, 15) is 4.79 Å². The van der Waals surface area contributed by atoms with Gasteiger partial charge in [-0.1, -0.05) is 18.2 Å². The maximum atomic E-state index is 10.7. The summed E-state index contributed by atoms with van der Waals surface area (Å²) in [6.45, 7) is 3.09. The molecule has 2 nitrogen and oxygen atoms in total. The molecule has 2 heteroatoms. The molecule has 0 heterocycles. The lowest BCUT2D eigenvalue weighted by Crippen LogP contribution is -2.15. The lowest BCUT2D eigenvalue weighted by Gasteiger charge is -2.17. The Bertz CT molecular complexity index is 519. The third kappa shape index (κ3) is 1.91. The van der Waals surface area contributed by atoms with Gasteiger partial charge in [-0.25, -0.2) is 0 Å². The van der Waals surface area contributed by atoms with Gasteiger partial charge in [-0.15, -0.1) is 0 Å². The van der Waals surface area contributed by atoms with Crippen LogP contribution in [0, 0.1) is 0 Å². The van der Waals surface area contributed by atoms with Gasteiger partial charge in [-0.3, -0.25) is 4.79 Å². The average molecular weight is 213 g/mol. The molecular weight excluding hydrogens is 198 g/mol. The Morgan fingerprint density at radius 3 is 2.56 bits per heavy atom. The van der Waals surface area contributed by atoms with Crippen molar-refractivity contribution in [2.45, 2.75) is 6.92 Å². The zero-order chi connectivity index (χ0) is 11.5. The summed E-state index contributed by atoms with van der Waals surface area (Å²) in [5.41, 5.74) is 1.90. The van der Waals surface area contributed by atoms with Crippen LogP contribution in [0.25, 0.3) is 10.8 Å². The monoisotopic (exact) mass is 213 g/mol. The zero-order valence-corrected chi connectivity index (χ0v) is 9.60. The number of hydrogen-bond donors (Lipinski definition) is 0. The number of fused-ring (bicyclic) bond motifs is 1. The summed E-state index contributed by atoms with van der Waals surface area (Å²) in [6.07, 6.45) is 0.885. The van der Waals surface area contributed by atoms with Crippen molar-refractivity contribution in [1.29, 1.82) is 0 Å². The summed E-state index contributed by atoms with van der Waals surface area (Å²) in [5, 5.41) is 2.28. The Morgan fingerprint density at radius 2 is 1.88 bits per heavy atom. The lowest BCUT2D eigenvalue weighted by atomic mass is 10.1. The van der Waals surface area contributed by atoms with E-state index in [4.69, 9.17) is 0 Å². The number of aldehydes is 1. The van der Waals surface area contributed by atoms with Gasteiger partial charge >= 0.3 is 0 Å². The Labute approximate surface area is 95.5 Å². The van der Waals surface area contributed by atoms with Crippen LogP contribution >= 0.6 is 0 Å². The van der Waals surface area contributed by atoms with Crippen LogP contribution in [0.15, 0.2) is 36.4 Å². The fraction of sp³-hybridized carbons (Fsp3) is 0.214. The summed E-state index contributed by atoms with van der Waals surface area (Å²) in [5.74, 6) is 0. The second-order valence-electron chi connectivity index (χ2n) is 3.92. The van der Waals surface area contributed by atoms with Gasteiger partial charge in [-0.05, 0) is 35.9 Å². The first kappa shape index (κ1) is 10.7. The maximum Gasteiger partial charge on any atom is 0.150 e. The number of rotatable bonds is 3. The van der Waals surface area contributed by atoms with E-state index in [1.807, 2.05) is 18.2 Å². The zero-order valence-electron chi connectivity index (χ0n) is 9.60. The molecular formula is C14H15NO. The standard InChI is InChI=1S/C14H15NO/c1-3-15(2)14-7-6-12-5-4-11(10-16)8-13(12)9-14/h4-10H,3H2,1-2H3. The van der Waals surface area contributed by atoms with Crippen LogP contribution in [-0.4, -0.2) is 19.9 Å². The maximum absolute atomic E-state index is 10.7. The first-order valence-electron chi connectivity index (χ1n) is 5.44. The molecule has 0 spiro atoms. The predicted octanol–water partition coefficient (Wildman–Crippen LogP) is 3.11. The van der Waals surface area contributed by atoms with Crippen molar-refractivity contribution in [3.63, 3.8) is 0 Å². The first-order valence-corrected chi connectivity index (χ1v) is 5.44. The van der Waals surface area contributed by atoms with E-state index in [1.54, 1.807) is 0 Å². The molecule has 2 rings (SSSR count). The molecule has 0 bridgehead atoms. The number of carbonyl (C=O) groups excluding carboxylic acids is 1. The first-order chi connectivity index (χ1) is 7.74. The number of carbonyl (C=O) groups is 1. The largest absolute Gasteiger partial charge is 0.375 e. The van der Waals surface area contributed by atoms with Gasteiger partial charge in [0, 0.05) is 24.8 Å². The van der Waals surface area contributed by atoms with E-state index < -0.39 is 0 Å². The van der Waals surface area contributed by atoms with Crippen LogP contribution in [0.1, 0.15) is 17.3 Å². The third-order valence-electron chi connectivity index (χ3n) is 2.90. The van der Waals surface area contributed by atoms with Gasteiger partial charge in [0.05, 0.1) is 0 Å². The molecule has 0 amide bonds. The van der Waals surface area contributed by atoms with Gasteiger partial charge in [0.15, 0.2) is 0 Å². The van der Waals surface area contributed by atoms with Crippen molar-refractivity contribution in [3.8, 4) is 0 Å². The molecule has 0 aliphatic carbocycles. The van der Waals surface area contributed by atoms with Crippen molar-refractivity contribution in [2.75, 3.05) is 18.5 Å². The number of nitrogens with zero attached hydrogens (tertiary/aromatic N) is 1. The molecule has 0 saturated carbocycles. The summed E-state index contributed by atoms with van der Waals surface area (Å²) in [6, 6.07) is 12.1. The highest BCUT2D eigenvalue weighted by Gasteiger charge is 2.00. The van der Waals surface area contributed by atoms with Crippen LogP contribution in [0.3, 0.4) is 0 Å². The molecule has 0 radical (unpaired) electrons. The lowest BCUT2D eigenvalue weighted by molar-refractivity contribution is 0.112. The molecule has 0 saturated heterocycles. The van der Waals surface area contributed by atoms with E-state index in [0.717, 1.165) is 23.8 Å². The highest BCUT2D eigenvalue weighted by Crippen LogP contribution is 2.22. The minimum Gasteiger partial charge on any atom is -0.375 e. The topological polar surface area (TPSA) is 20.3 Å². The molecule has 2 aromatic carbocycles. The smallest absolute Gasteiger partial charge is 0.150 e. The Kier molecular flexibility index (Phi) is 2.91. The second-order valence-corrected chi connectivity index (χ2v) is 3.92. The van der Waals surface area contributed by atoms with E-state index >= 15 is 0 Å². The van der Waals surface area contributed by atoms with E-state index in [2.05, 4.69) is 37.1 Å². The highest BCUT2D eigenvalue weighted by atomic mass is 16.1. The van der Waals surface area contributed by atoms with Crippen molar-refractivity contribution in [1.82, 2.24) is 0 Å². The second kappa shape index (κ2) is 4.35. The van der Waals surface area contributed by atoms with Crippen LogP contribution in [0.4, 0.5) is 5.69 Å². The summed E-state index contributed by atoms with van der Waals surface area (Å²) in [4.78, 5) is 12.9. The van der Waals surface area contributed by atoms with E-state index in [1.165, 1.54) is 11.1 Å². The van der Waals surface area contributed by atoms with Gasteiger partial charge in [0.25, 0.3) is 0 Å². The molecule has 0 aromatic heterocycles. The molecule has 82 valence electrons. The van der Waals surface area contributed by atoms with Gasteiger partial charge in [-0.2, -0.15) is 0 Å². The van der Waals surface area contributed by atoms with Gasteiger partial charge in [0.1, 0.15) is 6.29 Å². The number of benzene rings is 2. The van der Waals surface area contributed by atoms with Crippen molar-refractivity contribution >= 4 is 22.7 Å². The van der Waals surface area contributed by atoms with Gasteiger partial charge < -0.3 is 4.90 Å². The van der Waals surface area contributed by atoms with Crippen LogP contribution < -0.4 is 4.90 Å². The summed E-state index contributed by atoms with van der Waals surface area (Å²) < 4.78 is 0. The molecule has 0 unspecified atom stereocenters. The summed E-state index contributed by atoms with van der Waals surface area (Å²) in [7, 11) is 2.06. The molecule has 0 N–H and O–H groups in total. The molecule has 2 aromatic rings. The number of anilines is 1.